The van der Waals surface area contributed by atoms with Crippen molar-refractivity contribution in [2.45, 2.75) is 44.8 Å². The summed E-state index contributed by atoms with van der Waals surface area (Å²) in [4.78, 5) is 0. The third-order valence-corrected chi connectivity index (χ3v) is 4.26. The molecule has 2 N–H and O–H groups in total. The molecule has 0 spiro atoms. The predicted molar refractivity (Wildman–Crippen MR) is 83.3 cm³/mol. The quantitative estimate of drug-likeness (QED) is 0.838. The summed E-state index contributed by atoms with van der Waals surface area (Å²) in [6.07, 6.45) is 4.20. The SMILES string of the molecule is CC1CCC(OCC(O)CNc2ccc(Cl)c(F)c2)CC1. The molecular formula is C16H23ClFNO2. The summed E-state index contributed by atoms with van der Waals surface area (Å²) in [6.45, 7) is 2.90. The molecule has 1 aromatic carbocycles. The van der Waals surface area contributed by atoms with Crippen LogP contribution in [0.4, 0.5) is 10.1 Å². The monoisotopic (exact) mass is 315 g/mol. The zero-order valence-corrected chi connectivity index (χ0v) is 13.1. The van der Waals surface area contributed by atoms with Crippen molar-refractivity contribution < 1.29 is 14.2 Å². The van der Waals surface area contributed by atoms with Gasteiger partial charge in [-0.2, -0.15) is 0 Å². The van der Waals surface area contributed by atoms with Crippen LogP contribution in [0.15, 0.2) is 18.2 Å². The molecule has 0 amide bonds. The Bertz CT molecular complexity index is 450. The molecule has 1 aromatic rings. The van der Waals surface area contributed by atoms with Crippen molar-refractivity contribution in [2.24, 2.45) is 5.92 Å². The predicted octanol–water partition coefficient (Wildman–Crippen LogP) is 3.85. The van der Waals surface area contributed by atoms with Crippen molar-refractivity contribution in [3.8, 4) is 0 Å². The molecule has 1 atom stereocenters. The summed E-state index contributed by atoms with van der Waals surface area (Å²) in [7, 11) is 0. The second-order valence-electron chi connectivity index (χ2n) is 5.88. The maximum atomic E-state index is 13.3. The van der Waals surface area contributed by atoms with E-state index in [1.807, 2.05) is 0 Å². The minimum atomic E-state index is -0.608. The highest BCUT2D eigenvalue weighted by Gasteiger charge is 2.19. The van der Waals surface area contributed by atoms with E-state index in [-0.39, 0.29) is 11.1 Å². The van der Waals surface area contributed by atoms with Crippen LogP contribution in [0, 0.1) is 11.7 Å². The van der Waals surface area contributed by atoms with Crippen LogP contribution in [0.25, 0.3) is 0 Å². The Morgan fingerprint density at radius 1 is 1.38 bits per heavy atom. The Morgan fingerprint density at radius 2 is 2.10 bits per heavy atom. The van der Waals surface area contributed by atoms with Gasteiger partial charge in [-0.3, -0.25) is 0 Å². The number of aliphatic hydroxyl groups is 1. The average molecular weight is 316 g/mol. The number of anilines is 1. The van der Waals surface area contributed by atoms with Gasteiger partial charge < -0.3 is 15.2 Å². The summed E-state index contributed by atoms with van der Waals surface area (Å²) in [5.74, 6) is 0.319. The number of ether oxygens (including phenoxy) is 1. The maximum absolute atomic E-state index is 13.3. The fourth-order valence-electron chi connectivity index (χ4n) is 2.54. The topological polar surface area (TPSA) is 41.5 Å². The van der Waals surface area contributed by atoms with E-state index in [4.69, 9.17) is 16.3 Å². The lowest BCUT2D eigenvalue weighted by Gasteiger charge is -2.27. The molecule has 1 aliphatic rings. The van der Waals surface area contributed by atoms with Crippen LogP contribution in [-0.2, 0) is 4.74 Å². The van der Waals surface area contributed by atoms with E-state index in [0.717, 1.165) is 18.8 Å². The fourth-order valence-corrected chi connectivity index (χ4v) is 2.66. The number of hydrogen-bond donors (Lipinski definition) is 2. The summed E-state index contributed by atoms with van der Waals surface area (Å²) in [5.41, 5.74) is 0.599. The van der Waals surface area contributed by atoms with Gasteiger partial charge in [0.25, 0.3) is 0 Å². The van der Waals surface area contributed by atoms with E-state index >= 15 is 0 Å². The van der Waals surface area contributed by atoms with Gasteiger partial charge in [0.05, 0.1) is 23.8 Å². The van der Waals surface area contributed by atoms with Gasteiger partial charge in [-0.1, -0.05) is 18.5 Å². The van der Waals surface area contributed by atoms with Crippen molar-refractivity contribution in [3.63, 3.8) is 0 Å². The van der Waals surface area contributed by atoms with E-state index in [0.29, 0.717) is 18.8 Å². The molecule has 1 fully saturated rings. The summed E-state index contributed by atoms with van der Waals surface area (Å²) < 4.78 is 19.0. The molecule has 0 bridgehead atoms. The second-order valence-corrected chi connectivity index (χ2v) is 6.29. The number of nitrogens with one attached hydrogen (secondary N) is 1. The third-order valence-electron chi connectivity index (χ3n) is 3.95. The minimum Gasteiger partial charge on any atom is -0.389 e. The molecule has 5 heteroatoms. The number of benzene rings is 1. The van der Waals surface area contributed by atoms with Crippen LogP contribution >= 0.6 is 11.6 Å². The van der Waals surface area contributed by atoms with Crippen LogP contribution in [0.2, 0.25) is 5.02 Å². The Morgan fingerprint density at radius 3 is 2.76 bits per heavy atom. The first-order valence-corrected chi connectivity index (χ1v) is 7.91. The molecule has 1 saturated carbocycles. The molecule has 0 heterocycles. The molecule has 0 radical (unpaired) electrons. The highest BCUT2D eigenvalue weighted by atomic mass is 35.5. The number of hydrogen-bond acceptors (Lipinski definition) is 3. The molecule has 1 aliphatic carbocycles. The highest BCUT2D eigenvalue weighted by molar-refractivity contribution is 6.30. The molecule has 21 heavy (non-hydrogen) atoms. The van der Waals surface area contributed by atoms with Gasteiger partial charge in [-0.05, 0) is 49.8 Å². The van der Waals surface area contributed by atoms with Gasteiger partial charge in [0.15, 0.2) is 0 Å². The minimum absolute atomic E-state index is 0.0935. The van der Waals surface area contributed by atoms with Crippen molar-refractivity contribution in [3.05, 3.63) is 29.0 Å². The van der Waals surface area contributed by atoms with E-state index < -0.39 is 11.9 Å². The summed E-state index contributed by atoms with van der Waals surface area (Å²) in [6, 6.07) is 4.49. The van der Waals surface area contributed by atoms with Crippen molar-refractivity contribution in [2.75, 3.05) is 18.5 Å². The zero-order valence-electron chi connectivity index (χ0n) is 12.3. The molecule has 1 unspecified atom stereocenters. The van der Waals surface area contributed by atoms with E-state index in [2.05, 4.69) is 12.2 Å². The average Bonchev–Trinajstić information content (AvgIpc) is 2.48. The van der Waals surface area contributed by atoms with Crippen molar-refractivity contribution in [1.29, 1.82) is 0 Å². The van der Waals surface area contributed by atoms with Crippen LogP contribution in [-0.4, -0.2) is 30.5 Å². The van der Waals surface area contributed by atoms with Gasteiger partial charge in [0, 0.05) is 12.2 Å². The van der Waals surface area contributed by atoms with E-state index in [1.54, 1.807) is 6.07 Å². The molecule has 0 aliphatic heterocycles. The van der Waals surface area contributed by atoms with Crippen LogP contribution in [0.5, 0.6) is 0 Å². The van der Waals surface area contributed by atoms with Gasteiger partial charge >= 0.3 is 0 Å². The molecule has 2 rings (SSSR count). The molecule has 0 aromatic heterocycles. The van der Waals surface area contributed by atoms with Gasteiger partial charge in [0.1, 0.15) is 5.82 Å². The Kier molecular flexibility index (Phi) is 6.27. The summed E-state index contributed by atoms with van der Waals surface area (Å²) in [5, 5.41) is 13.0. The summed E-state index contributed by atoms with van der Waals surface area (Å²) >= 11 is 5.62. The van der Waals surface area contributed by atoms with E-state index in [1.165, 1.54) is 25.0 Å². The first-order valence-electron chi connectivity index (χ1n) is 7.53. The molecule has 3 nitrogen and oxygen atoms in total. The van der Waals surface area contributed by atoms with E-state index in [9.17, 15) is 9.50 Å². The van der Waals surface area contributed by atoms with Crippen LogP contribution < -0.4 is 5.32 Å². The Hall–Kier alpha value is -0.840. The first-order chi connectivity index (χ1) is 10.0. The Labute approximate surface area is 130 Å². The molecular weight excluding hydrogens is 293 g/mol. The van der Waals surface area contributed by atoms with Gasteiger partial charge in [-0.25, -0.2) is 4.39 Å². The Balaban J connectivity index is 1.67. The third kappa shape index (κ3) is 5.46. The lowest BCUT2D eigenvalue weighted by molar-refractivity contribution is -0.0245. The molecule has 118 valence electrons. The largest absolute Gasteiger partial charge is 0.389 e. The van der Waals surface area contributed by atoms with Crippen molar-refractivity contribution >= 4 is 17.3 Å². The normalized spacial score (nSPS) is 23.8. The lowest BCUT2D eigenvalue weighted by atomic mass is 9.89. The number of rotatable bonds is 6. The first kappa shape index (κ1) is 16.5. The number of aliphatic hydroxyl groups excluding tert-OH is 1. The fraction of sp³-hybridized carbons (Fsp3) is 0.625. The zero-order chi connectivity index (χ0) is 15.2. The maximum Gasteiger partial charge on any atom is 0.143 e. The van der Waals surface area contributed by atoms with Crippen LogP contribution in [0.3, 0.4) is 0 Å². The second kappa shape index (κ2) is 7.97. The van der Waals surface area contributed by atoms with Gasteiger partial charge in [0.2, 0.25) is 0 Å². The lowest BCUT2D eigenvalue weighted by Crippen LogP contribution is -2.29. The number of halogens is 2. The highest BCUT2D eigenvalue weighted by Crippen LogP contribution is 2.25. The molecule has 0 saturated heterocycles. The standard InChI is InChI=1S/C16H23ClFNO2/c1-11-2-5-14(6-3-11)21-10-13(20)9-19-12-4-7-15(17)16(18)8-12/h4,7-8,11,13-14,19-20H,2-3,5-6,9-10H2,1H3. The van der Waals surface area contributed by atoms with Crippen molar-refractivity contribution in [1.82, 2.24) is 0 Å². The van der Waals surface area contributed by atoms with Crippen LogP contribution in [0.1, 0.15) is 32.6 Å². The van der Waals surface area contributed by atoms with Gasteiger partial charge in [-0.15, -0.1) is 0 Å². The smallest absolute Gasteiger partial charge is 0.143 e.